The third-order valence-corrected chi connectivity index (χ3v) is 6.20. The Morgan fingerprint density at radius 3 is 2.37 bits per heavy atom. The van der Waals surface area contributed by atoms with Crippen LogP contribution >= 0.6 is 0 Å². The molecule has 1 atom stereocenters. The van der Waals surface area contributed by atoms with Crippen LogP contribution in [0.15, 0.2) is 71.6 Å². The fourth-order valence-corrected chi connectivity index (χ4v) is 4.28. The van der Waals surface area contributed by atoms with Gasteiger partial charge in [-0.15, -0.1) is 0 Å². The van der Waals surface area contributed by atoms with Gasteiger partial charge in [-0.2, -0.15) is 0 Å². The number of sulfonamides is 1. The minimum atomic E-state index is -4.15. The normalized spacial score (nSPS) is 12.3. The van der Waals surface area contributed by atoms with E-state index in [2.05, 4.69) is 4.72 Å². The Morgan fingerprint density at radius 2 is 1.73 bits per heavy atom. The van der Waals surface area contributed by atoms with Crippen LogP contribution < -0.4 is 9.46 Å². The van der Waals surface area contributed by atoms with Crippen LogP contribution in [0.1, 0.15) is 24.0 Å². The molecule has 156 valence electrons. The summed E-state index contributed by atoms with van der Waals surface area (Å²) >= 11 is 0. The molecule has 0 aliphatic carbocycles. The lowest BCUT2D eigenvalue weighted by Crippen LogP contribution is -2.34. The largest absolute Gasteiger partial charge is 0.495 e. The number of methoxy groups -OCH3 is 1. The number of ether oxygens (including phenoxy) is 1. The van der Waals surface area contributed by atoms with Crippen LogP contribution in [-0.2, 0) is 14.8 Å². The van der Waals surface area contributed by atoms with E-state index in [0.717, 1.165) is 5.56 Å². The van der Waals surface area contributed by atoms with E-state index >= 15 is 0 Å². The van der Waals surface area contributed by atoms with Gasteiger partial charge in [0, 0.05) is 5.56 Å². The van der Waals surface area contributed by atoms with Crippen LogP contribution in [0.3, 0.4) is 0 Å². The lowest BCUT2D eigenvalue weighted by molar-refractivity contribution is -0.120. The van der Waals surface area contributed by atoms with Crippen LogP contribution in [0.5, 0.6) is 5.75 Å². The molecule has 0 saturated carbocycles. The van der Waals surface area contributed by atoms with Gasteiger partial charge >= 0.3 is 0 Å². The molecule has 30 heavy (non-hydrogen) atoms. The lowest BCUT2D eigenvalue weighted by atomic mass is 9.96. The zero-order chi connectivity index (χ0) is 21.9. The van der Waals surface area contributed by atoms with Gasteiger partial charge in [0.15, 0.2) is 0 Å². The van der Waals surface area contributed by atoms with Crippen molar-refractivity contribution in [1.29, 1.82) is 0 Å². The van der Waals surface area contributed by atoms with Gasteiger partial charge in [-0.05, 0) is 48.7 Å². The molecular weight excluding hydrogens is 405 g/mol. The average molecular weight is 427 g/mol. The molecule has 1 N–H and O–H groups in total. The Bertz CT molecular complexity index is 1180. The number of carbonyl (C=O) groups is 1. The van der Waals surface area contributed by atoms with Crippen molar-refractivity contribution in [2.75, 3.05) is 7.11 Å². The molecule has 0 radical (unpaired) electrons. The van der Waals surface area contributed by atoms with Gasteiger partial charge in [0.05, 0.1) is 13.0 Å². The van der Waals surface area contributed by atoms with E-state index in [9.17, 15) is 17.6 Å². The highest BCUT2D eigenvalue weighted by molar-refractivity contribution is 7.90. The number of aryl methyl sites for hydroxylation is 1. The summed E-state index contributed by atoms with van der Waals surface area (Å²) < 4.78 is 47.2. The first-order valence-electron chi connectivity index (χ1n) is 9.29. The molecule has 1 amide bonds. The molecule has 0 heterocycles. The van der Waals surface area contributed by atoms with Crippen molar-refractivity contribution in [3.63, 3.8) is 0 Å². The molecule has 3 aromatic rings. The molecule has 0 aromatic heterocycles. The van der Waals surface area contributed by atoms with Gasteiger partial charge in [0.25, 0.3) is 10.0 Å². The highest BCUT2D eigenvalue weighted by Gasteiger charge is 2.26. The van der Waals surface area contributed by atoms with Crippen LogP contribution in [0.2, 0.25) is 0 Å². The van der Waals surface area contributed by atoms with Gasteiger partial charge < -0.3 is 4.74 Å². The van der Waals surface area contributed by atoms with Crippen molar-refractivity contribution in [3.8, 4) is 16.9 Å². The van der Waals surface area contributed by atoms with E-state index < -0.39 is 27.7 Å². The molecule has 3 aromatic carbocycles. The molecule has 0 aliphatic rings. The Kier molecular flexibility index (Phi) is 6.22. The number of hydrogen-bond acceptors (Lipinski definition) is 4. The predicted molar refractivity (Wildman–Crippen MR) is 113 cm³/mol. The van der Waals surface area contributed by atoms with Gasteiger partial charge in [-0.3, -0.25) is 4.79 Å². The second-order valence-corrected chi connectivity index (χ2v) is 8.60. The van der Waals surface area contributed by atoms with Crippen molar-refractivity contribution in [2.45, 2.75) is 24.7 Å². The monoisotopic (exact) mass is 427 g/mol. The van der Waals surface area contributed by atoms with Gasteiger partial charge in [0.2, 0.25) is 5.91 Å². The number of carbonyl (C=O) groups excluding carboxylic acids is 1. The lowest BCUT2D eigenvalue weighted by Gasteiger charge is -2.15. The van der Waals surface area contributed by atoms with Crippen molar-refractivity contribution in [3.05, 3.63) is 83.7 Å². The molecule has 0 unspecified atom stereocenters. The SMILES string of the molecule is COc1cc(C)ccc1S(=O)(=O)NC(=O)[C@H](C)c1ccc(-c2ccccc2)c(F)c1. The molecule has 3 rings (SSSR count). The molecule has 0 saturated heterocycles. The van der Waals surface area contributed by atoms with Gasteiger partial charge in [-0.1, -0.05) is 48.5 Å². The first-order valence-corrected chi connectivity index (χ1v) is 10.8. The number of nitrogens with one attached hydrogen (secondary N) is 1. The van der Waals surface area contributed by atoms with E-state index in [4.69, 9.17) is 4.74 Å². The standard InChI is InChI=1S/C23H22FNO4S/c1-15-9-12-22(21(13-15)29-3)30(27,28)25-23(26)16(2)18-10-11-19(20(24)14-18)17-7-5-4-6-8-17/h4-14,16H,1-3H3,(H,25,26)/t16-/m1/s1. The van der Waals surface area contributed by atoms with Crippen LogP contribution in [-0.4, -0.2) is 21.4 Å². The number of rotatable bonds is 6. The zero-order valence-electron chi connectivity index (χ0n) is 16.8. The summed E-state index contributed by atoms with van der Waals surface area (Å²) in [4.78, 5) is 12.5. The average Bonchev–Trinajstić information content (AvgIpc) is 2.73. The minimum Gasteiger partial charge on any atom is -0.495 e. The summed E-state index contributed by atoms with van der Waals surface area (Å²) in [5.41, 5.74) is 2.31. The summed E-state index contributed by atoms with van der Waals surface area (Å²) in [7, 11) is -2.80. The van der Waals surface area contributed by atoms with E-state index in [0.29, 0.717) is 16.7 Å². The maximum atomic E-state index is 14.6. The molecule has 7 heteroatoms. The van der Waals surface area contributed by atoms with Crippen molar-refractivity contribution in [1.82, 2.24) is 4.72 Å². The molecule has 0 fully saturated rings. The van der Waals surface area contributed by atoms with E-state index in [-0.39, 0.29) is 10.6 Å². The quantitative estimate of drug-likeness (QED) is 0.632. The predicted octanol–water partition coefficient (Wildman–Crippen LogP) is 4.42. The molecule has 0 aliphatic heterocycles. The summed E-state index contributed by atoms with van der Waals surface area (Å²) in [5, 5.41) is 0. The Hall–Kier alpha value is -3.19. The highest BCUT2D eigenvalue weighted by Crippen LogP contribution is 2.28. The Labute approximate surface area is 175 Å². The molecule has 0 spiro atoms. The van der Waals surface area contributed by atoms with Crippen LogP contribution in [0, 0.1) is 12.7 Å². The van der Waals surface area contributed by atoms with Gasteiger partial charge in [-0.25, -0.2) is 17.5 Å². The summed E-state index contributed by atoms with van der Waals surface area (Å²) in [5.74, 6) is -1.98. The number of benzene rings is 3. The summed E-state index contributed by atoms with van der Waals surface area (Å²) in [6.45, 7) is 3.32. The van der Waals surface area contributed by atoms with Crippen molar-refractivity contribution >= 4 is 15.9 Å². The highest BCUT2D eigenvalue weighted by atomic mass is 32.2. The van der Waals surface area contributed by atoms with E-state index in [1.807, 2.05) is 18.2 Å². The second-order valence-electron chi connectivity index (χ2n) is 6.95. The zero-order valence-corrected chi connectivity index (χ0v) is 17.7. The van der Waals surface area contributed by atoms with Crippen LogP contribution in [0.4, 0.5) is 4.39 Å². The molecule has 5 nitrogen and oxygen atoms in total. The summed E-state index contributed by atoms with van der Waals surface area (Å²) in [6, 6.07) is 18.1. The number of hydrogen-bond donors (Lipinski definition) is 1. The number of amides is 1. The Balaban J connectivity index is 1.83. The maximum absolute atomic E-state index is 14.6. The smallest absolute Gasteiger partial charge is 0.267 e. The fraction of sp³-hybridized carbons (Fsp3) is 0.174. The first kappa shape index (κ1) is 21.5. The number of halogens is 1. The third-order valence-electron chi connectivity index (χ3n) is 4.81. The maximum Gasteiger partial charge on any atom is 0.267 e. The Morgan fingerprint density at radius 1 is 1.03 bits per heavy atom. The summed E-state index contributed by atoms with van der Waals surface area (Å²) in [6.07, 6.45) is 0. The first-order chi connectivity index (χ1) is 14.2. The van der Waals surface area contributed by atoms with Gasteiger partial charge in [0.1, 0.15) is 16.5 Å². The van der Waals surface area contributed by atoms with E-state index in [1.54, 1.807) is 43.3 Å². The van der Waals surface area contributed by atoms with Crippen LogP contribution in [0.25, 0.3) is 11.1 Å². The van der Waals surface area contributed by atoms with Crippen molar-refractivity contribution < 1.29 is 22.3 Å². The fourth-order valence-electron chi connectivity index (χ4n) is 3.08. The second kappa shape index (κ2) is 8.67. The molecule has 0 bridgehead atoms. The van der Waals surface area contributed by atoms with E-state index in [1.165, 1.54) is 26.2 Å². The minimum absolute atomic E-state index is 0.137. The topological polar surface area (TPSA) is 72.5 Å². The molecular formula is C23H22FNO4S. The third kappa shape index (κ3) is 4.52. The van der Waals surface area contributed by atoms with Crippen molar-refractivity contribution in [2.24, 2.45) is 0 Å².